The van der Waals surface area contributed by atoms with Gasteiger partial charge >= 0.3 is 13.2 Å². The lowest BCUT2D eigenvalue weighted by atomic mass is 9.77. The van der Waals surface area contributed by atoms with Crippen LogP contribution in [-0.4, -0.2) is 51.2 Å². The molecule has 9 heteroatoms. The molecule has 1 aromatic rings. The molecule has 0 aromatic heterocycles. The highest BCUT2D eigenvalue weighted by Gasteiger charge is 2.52. The molecule has 2 rings (SSSR count). The van der Waals surface area contributed by atoms with Gasteiger partial charge in [0, 0.05) is 12.8 Å². The minimum atomic E-state index is -3.44. The lowest BCUT2D eigenvalue weighted by molar-refractivity contribution is 0.00578. The first-order valence-electron chi connectivity index (χ1n) is 9.84. The molecule has 0 radical (unpaired) electrons. The van der Waals surface area contributed by atoms with Crippen molar-refractivity contribution in [3.63, 3.8) is 0 Å². The van der Waals surface area contributed by atoms with Crippen molar-refractivity contribution in [3.05, 3.63) is 35.3 Å². The van der Waals surface area contributed by atoms with Gasteiger partial charge in [-0.2, -0.15) is 0 Å². The average Bonchev–Trinajstić information content (AvgIpc) is 2.77. The number of carbonyl (C=O) groups excluding carboxylic acids is 1. The molecule has 0 spiro atoms. The molecule has 166 valence electrons. The predicted octanol–water partition coefficient (Wildman–Crippen LogP) is 3.63. The van der Waals surface area contributed by atoms with Crippen LogP contribution in [0, 0.1) is 0 Å². The van der Waals surface area contributed by atoms with Crippen LogP contribution in [0.3, 0.4) is 0 Å². The summed E-state index contributed by atoms with van der Waals surface area (Å²) in [6, 6.07) is 6.67. The van der Waals surface area contributed by atoms with Crippen LogP contribution in [0.25, 0.3) is 6.08 Å². The smallest absolute Gasteiger partial charge is 0.444 e. The van der Waals surface area contributed by atoms with E-state index < -0.39 is 39.9 Å². The fourth-order valence-corrected chi connectivity index (χ4v) is 3.70. The topological polar surface area (TPSA) is 90.9 Å². The second kappa shape index (κ2) is 8.36. The maximum absolute atomic E-state index is 12.2. The van der Waals surface area contributed by atoms with Crippen molar-refractivity contribution >= 4 is 29.1 Å². The Hall–Kier alpha value is -1.84. The van der Waals surface area contributed by atoms with E-state index in [9.17, 15) is 13.2 Å². The Bertz CT molecular complexity index is 915. The number of sulfone groups is 1. The zero-order chi connectivity index (χ0) is 23.0. The Balaban J connectivity index is 2.41. The summed E-state index contributed by atoms with van der Waals surface area (Å²) in [5.41, 5.74) is -0.731. The van der Waals surface area contributed by atoms with E-state index in [0.29, 0.717) is 11.0 Å². The fourth-order valence-electron chi connectivity index (χ4n) is 2.82. The van der Waals surface area contributed by atoms with Crippen LogP contribution in [0.4, 0.5) is 4.79 Å². The van der Waals surface area contributed by atoms with E-state index in [2.05, 4.69) is 5.32 Å². The van der Waals surface area contributed by atoms with Gasteiger partial charge in [-0.3, -0.25) is 0 Å². The summed E-state index contributed by atoms with van der Waals surface area (Å²) in [7, 11) is -4.19. The molecule has 30 heavy (non-hydrogen) atoms. The average molecular weight is 437 g/mol. The third-order valence-corrected chi connectivity index (χ3v) is 6.22. The zero-order valence-corrected chi connectivity index (χ0v) is 19.8. The van der Waals surface area contributed by atoms with E-state index in [1.165, 1.54) is 0 Å². The van der Waals surface area contributed by atoms with Gasteiger partial charge < -0.3 is 19.4 Å². The van der Waals surface area contributed by atoms with Gasteiger partial charge in [0.15, 0.2) is 9.84 Å². The molecule has 1 heterocycles. The van der Waals surface area contributed by atoms with Crippen LogP contribution in [0.1, 0.15) is 54.0 Å². The highest BCUT2D eigenvalue weighted by atomic mass is 32.2. The number of carbonyl (C=O) groups is 1. The van der Waals surface area contributed by atoms with Crippen LogP contribution in [-0.2, 0) is 23.9 Å². The van der Waals surface area contributed by atoms with Crippen LogP contribution in [0.5, 0.6) is 0 Å². The van der Waals surface area contributed by atoms with Crippen molar-refractivity contribution in [1.29, 1.82) is 0 Å². The molecule has 1 aromatic carbocycles. The Labute approximate surface area is 180 Å². The molecule has 0 unspecified atom stereocenters. The highest BCUT2D eigenvalue weighted by Crippen LogP contribution is 2.39. The number of hydrogen-bond donors (Lipinski definition) is 1. The summed E-state index contributed by atoms with van der Waals surface area (Å²) in [5.74, 6) is 0. The summed E-state index contributed by atoms with van der Waals surface area (Å²) in [6.45, 7) is 13.1. The Morgan fingerprint density at radius 3 is 2.17 bits per heavy atom. The van der Waals surface area contributed by atoms with Gasteiger partial charge in [-0.15, -0.1) is 0 Å². The quantitative estimate of drug-likeness (QED) is 0.708. The first kappa shape index (κ1) is 24.4. The number of alkyl carbamates (subject to hydrolysis) is 1. The molecule has 1 fully saturated rings. The van der Waals surface area contributed by atoms with E-state index >= 15 is 0 Å². The van der Waals surface area contributed by atoms with Crippen molar-refractivity contribution in [2.24, 2.45) is 0 Å². The van der Waals surface area contributed by atoms with Crippen molar-refractivity contribution in [2.75, 3.05) is 12.8 Å². The van der Waals surface area contributed by atoms with Crippen molar-refractivity contribution < 1.29 is 27.3 Å². The molecule has 1 N–H and O–H groups in total. The summed E-state index contributed by atoms with van der Waals surface area (Å²) in [5, 5.41) is 2.71. The van der Waals surface area contributed by atoms with Gasteiger partial charge in [-0.1, -0.05) is 24.3 Å². The highest BCUT2D eigenvalue weighted by molar-refractivity contribution is 7.90. The molecule has 1 amide bonds. The Kier molecular flexibility index (Phi) is 6.81. The van der Waals surface area contributed by atoms with Gasteiger partial charge in [0.1, 0.15) is 5.60 Å². The van der Waals surface area contributed by atoms with Gasteiger partial charge in [0.25, 0.3) is 0 Å². The molecule has 7 nitrogen and oxygen atoms in total. The second-order valence-electron chi connectivity index (χ2n) is 9.47. The molecular weight excluding hydrogens is 405 g/mol. The lowest BCUT2D eigenvalue weighted by Crippen LogP contribution is -2.41. The predicted molar refractivity (Wildman–Crippen MR) is 118 cm³/mol. The zero-order valence-electron chi connectivity index (χ0n) is 19.0. The minimum absolute atomic E-state index is 0.0733. The third-order valence-electron chi connectivity index (χ3n) is 5.05. The van der Waals surface area contributed by atoms with E-state index in [-0.39, 0.29) is 11.4 Å². The van der Waals surface area contributed by atoms with E-state index in [1.807, 2.05) is 27.7 Å². The first-order valence-corrected chi connectivity index (χ1v) is 11.7. The Morgan fingerprint density at radius 2 is 1.67 bits per heavy atom. The van der Waals surface area contributed by atoms with E-state index in [0.717, 1.165) is 6.26 Å². The largest absolute Gasteiger partial charge is 0.492 e. The summed E-state index contributed by atoms with van der Waals surface area (Å²) < 4.78 is 42.0. The number of benzene rings is 1. The lowest BCUT2D eigenvalue weighted by Gasteiger charge is -2.32. The monoisotopic (exact) mass is 437 g/mol. The number of nitrogens with one attached hydrogen (secondary N) is 1. The fraction of sp³-hybridized carbons (Fsp3) is 0.571. The summed E-state index contributed by atoms with van der Waals surface area (Å²) in [4.78, 5) is 12.4. The molecular formula is C21H32BNO6S. The van der Waals surface area contributed by atoms with Crippen LogP contribution in [0.2, 0.25) is 0 Å². The molecule has 1 saturated heterocycles. The van der Waals surface area contributed by atoms with Gasteiger partial charge in [0.2, 0.25) is 0 Å². The molecule has 1 aliphatic rings. The summed E-state index contributed by atoms with van der Waals surface area (Å²) in [6.07, 6.45) is 2.27. The normalized spacial score (nSPS) is 18.9. The number of rotatable bonds is 5. The molecule has 0 bridgehead atoms. The maximum atomic E-state index is 12.2. The van der Waals surface area contributed by atoms with Crippen LogP contribution < -0.4 is 5.32 Å². The van der Waals surface area contributed by atoms with Crippen molar-refractivity contribution in [2.45, 2.75) is 70.2 Å². The van der Waals surface area contributed by atoms with Crippen molar-refractivity contribution in [3.8, 4) is 0 Å². The van der Waals surface area contributed by atoms with Crippen molar-refractivity contribution in [1.82, 2.24) is 5.32 Å². The van der Waals surface area contributed by atoms with Gasteiger partial charge in [0.05, 0.1) is 16.1 Å². The van der Waals surface area contributed by atoms with E-state index in [4.69, 9.17) is 14.0 Å². The van der Waals surface area contributed by atoms with Gasteiger partial charge in [-0.05, 0) is 65.6 Å². The van der Waals surface area contributed by atoms with Crippen LogP contribution >= 0.6 is 0 Å². The molecule has 0 atom stereocenters. The number of amides is 1. The van der Waals surface area contributed by atoms with E-state index in [1.54, 1.807) is 51.1 Å². The maximum Gasteiger partial charge on any atom is 0.492 e. The number of hydrogen-bond acceptors (Lipinski definition) is 6. The molecule has 0 saturated carbocycles. The third kappa shape index (κ3) is 6.09. The minimum Gasteiger partial charge on any atom is -0.444 e. The second-order valence-corrected chi connectivity index (χ2v) is 11.5. The summed E-state index contributed by atoms with van der Waals surface area (Å²) >= 11 is 0. The van der Waals surface area contributed by atoms with Gasteiger partial charge in [-0.25, -0.2) is 13.2 Å². The SMILES string of the molecule is CC(C)(C)OC(=O)NCC(=Cc1ccccc1S(C)(=O)=O)B1OC(C)(C)C(C)(C)O1. The Morgan fingerprint density at radius 1 is 1.13 bits per heavy atom. The number of ether oxygens (including phenoxy) is 1. The van der Waals surface area contributed by atoms with Crippen LogP contribution in [0.15, 0.2) is 34.6 Å². The molecule has 1 aliphatic heterocycles. The molecule has 0 aliphatic carbocycles. The first-order chi connectivity index (χ1) is 13.5. The standard InChI is InChI=1S/C21H32BNO6S/c1-19(2,3)27-18(24)23-14-16(22-28-20(4,5)21(6,7)29-22)13-15-11-9-10-12-17(15)30(8,25)26/h9-13H,14H2,1-8H3,(H,23,24).